The Bertz CT molecular complexity index is 611. The molecule has 0 bridgehead atoms. The lowest BCUT2D eigenvalue weighted by atomic mass is 9.78. The van der Waals surface area contributed by atoms with Gasteiger partial charge in [0.05, 0.1) is 4.92 Å². The molecule has 2 rings (SSSR count). The van der Waals surface area contributed by atoms with Gasteiger partial charge in [0, 0.05) is 30.6 Å². The fraction of sp³-hybridized carbons (Fsp3) is 0.462. The van der Waals surface area contributed by atoms with Crippen molar-refractivity contribution in [2.45, 2.75) is 32.0 Å². The molecule has 5 nitrogen and oxygen atoms in total. The number of alkyl halides is 3. The van der Waals surface area contributed by atoms with Crippen LogP contribution in [0.3, 0.4) is 0 Å². The second-order valence-electron chi connectivity index (χ2n) is 5.64. The van der Waals surface area contributed by atoms with E-state index >= 15 is 0 Å². The predicted molar refractivity (Wildman–Crippen MR) is 67.6 cm³/mol. The number of nitrogens with zero attached hydrogens (tertiary/aromatic N) is 2. The van der Waals surface area contributed by atoms with Gasteiger partial charge in [0.1, 0.15) is 0 Å². The quantitative estimate of drug-likeness (QED) is 0.592. The summed E-state index contributed by atoms with van der Waals surface area (Å²) in [5.41, 5.74) is 0.187. The average Bonchev–Trinajstić information content (AvgIpc) is 2.35. The van der Waals surface area contributed by atoms with Crippen molar-refractivity contribution in [3.8, 4) is 0 Å². The van der Waals surface area contributed by atoms with Crippen LogP contribution >= 0.6 is 0 Å². The van der Waals surface area contributed by atoms with Crippen LogP contribution in [-0.2, 0) is 16.8 Å². The molecule has 21 heavy (non-hydrogen) atoms. The summed E-state index contributed by atoms with van der Waals surface area (Å²) in [7, 11) is 0. The van der Waals surface area contributed by atoms with Crippen molar-refractivity contribution in [2.24, 2.45) is 0 Å². The molecule has 0 saturated carbocycles. The molecule has 1 heterocycles. The highest BCUT2D eigenvalue weighted by molar-refractivity contribution is 5.82. The van der Waals surface area contributed by atoms with Gasteiger partial charge in [0.25, 0.3) is 5.69 Å². The van der Waals surface area contributed by atoms with E-state index in [9.17, 15) is 28.1 Å². The number of hydrogen-bond acceptors (Lipinski definition) is 3. The molecule has 0 radical (unpaired) electrons. The van der Waals surface area contributed by atoms with Crippen LogP contribution in [0.25, 0.3) is 0 Å². The normalized spacial score (nSPS) is 17.3. The Morgan fingerprint density at radius 2 is 2.00 bits per heavy atom. The minimum Gasteiger partial charge on any atom is -0.330 e. The molecule has 8 heteroatoms. The van der Waals surface area contributed by atoms with Crippen LogP contribution in [0, 0.1) is 10.1 Å². The third-order valence-corrected chi connectivity index (χ3v) is 3.51. The molecule has 0 saturated heterocycles. The van der Waals surface area contributed by atoms with E-state index in [1.165, 1.54) is 12.1 Å². The van der Waals surface area contributed by atoms with Crippen molar-refractivity contribution in [1.82, 2.24) is 4.90 Å². The number of hydrogen-bond donors (Lipinski definition) is 0. The lowest BCUT2D eigenvalue weighted by Gasteiger charge is -2.39. The van der Waals surface area contributed by atoms with Crippen molar-refractivity contribution in [1.29, 1.82) is 0 Å². The molecular weight excluding hydrogens is 289 g/mol. The summed E-state index contributed by atoms with van der Waals surface area (Å²) in [4.78, 5) is 22.2. The monoisotopic (exact) mass is 302 g/mol. The van der Waals surface area contributed by atoms with Gasteiger partial charge in [-0.15, -0.1) is 0 Å². The molecule has 0 unspecified atom stereocenters. The Hall–Kier alpha value is -2.12. The first-order valence-corrected chi connectivity index (χ1v) is 6.16. The number of carbonyl (C=O) groups excluding carboxylic acids is 1. The maximum absolute atomic E-state index is 12.6. The van der Waals surface area contributed by atoms with Gasteiger partial charge in [-0.25, -0.2) is 0 Å². The third kappa shape index (κ3) is 2.84. The molecule has 114 valence electrons. The highest BCUT2D eigenvalue weighted by Crippen LogP contribution is 2.36. The first-order chi connectivity index (χ1) is 9.52. The van der Waals surface area contributed by atoms with Crippen molar-refractivity contribution < 1.29 is 22.9 Å². The van der Waals surface area contributed by atoms with Crippen LogP contribution in [-0.4, -0.2) is 28.5 Å². The lowest BCUT2D eigenvalue weighted by molar-refractivity contribution is -0.385. The number of rotatable bonds is 1. The van der Waals surface area contributed by atoms with E-state index in [1.54, 1.807) is 19.9 Å². The number of halogens is 3. The molecule has 1 amide bonds. The van der Waals surface area contributed by atoms with Gasteiger partial charge < -0.3 is 4.90 Å². The van der Waals surface area contributed by atoms with Crippen LogP contribution in [0.5, 0.6) is 0 Å². The maximum Gasteiger partial charge on any atom is 0.471 e. The second-order valence-corrected chi connectivity index (χ2v) is 5.64. The van der Waals surface area contributed by atoms with Crippen molar-refractivity contribution >= 4 is 11.6 Å². The number of nitro benzene ring substituents is 1. The highest BCUT2D eigenvalue weighted by atomic mass is 19.4. The Morgan fingerprint density at radius 3 is 2.52 bits per heavy atom. The molecule has 0 atom stereocenters. The average molecular weight is 302 g/mol. The van der Waals surface area contributed by atoms with Crippen LogP contribution < -0.4 is 0 Å². The summed E-state index contributed by atoms with van der Waals surface area (Å²) in [6, 6.07) is 4.09. The summed E-state index contributed by atoms with van der Waals surface area (Å²) in [6.45, 7) is 3.04. The van der Waals surface area contributed by atoms with Crippen LogP contribution in [0.1, 0.15) is 25.0 Å². The molecule has 1 aromatic carbocycles. The number of benzene rings is 1. The lowest BCUT2D eigenvalue weighted by Crippen LogP contribution is -2.49. The topological polar surface area (TPSA) is 63.5 Å². The molecule has 1 aliphatic heterocycles. The van der Waals surface area contributed by atoms with Crippen LogP contribution in [0.15, 0.2) is 18.2 Å². The second kappa shape index (κ2) is 4.71. The summed E-state index contributed by atoms with van der Waals surface area (Å²) < 4.78 is 37.7. The molecule has 0 aliphatic carbocycles. The van der Waals surface area contributed by atoms with Gasteiger partial charge in [-0.2, -0.15) is 13.2 Å². The minimum absolute atomic E-state index is 0.0871. The van der Waals surface area contributed by atoms with Gasteiger partial charge in [0.15, 0.2) is 0 Å². The number of fused-ring (bicyclic) bond motifs is 1. The number of nitro groups is 1. The van der Waals surface area contributed by atoms with Gasteiger partial charge in [-0.3, -0.25) is 14.9 Å². The largest absolute Gasteiger partial charge is 0.471 e. The van der Waals surface area contributed by atoms with Gasteiger partial charge in [0.2, 0.25) is 0 Å². The Morgan fingerprint density at radius 1 is 1.38 bits per heavy atom. The first-order valence-electron chi connectivity index (χ1n) is 6.16. The third-order valence-electron chi connectivity index (χ3n) is 3.51. The van der Waals surface area contributed by atoms with Crippen LogP contribution in [0.4, 0.5) is 18.9 Å². The highest BCUT2D eigenvalue weighted by Gasteiger charge is 2.46. The maximum atomic E-state index is 12.6. The van der Waals surface area contributed by atoms with Gasteiger partial charge in [-0.1, -0.05) is 19.9 Å². The molecule has 0 spiro atoms. The number of carbonyl (C=O) groups is 1. The summed E-state index contributed by atoms with van der Waals surface area (Å²) in [6.07, 6.45) is -4.95. The van der Waals surface area contributed by atoms with E-state index in [2.05, 4.69) is 0 Å². The van der Waals surface area contributed by atoms with E-state index in [0.717, 1.165) is 5.56 Å². The standard InChI is InChI=1S/C13H13F3N2O3/c1-12(2)7-17(11(19)13(14,15)16)6-8-5-9(18(20)21)3-4-10(8)12/h3-5H,6-7H2,1-2H3. The molecule has 0 fully saturated rings. The smallest absolute Gasteiger partial charge is 0.330 e. The fourth-order valence-electron chi connectivity index (χ4n) is 2.63. The molecule has 0 aromatic heterocycles. The van der Waals surface area contributed by atoms with E-state index in [4.69, 9.17) is 0 Å². The van der Waals surface area contributed by atoms with E-state index in [-0.39, 0.29) is 18.8 Å². The molecular formula is C13H13F3N2O3. The Labute approximate surface area is 118 Å². The van der Waals surface area contributed by atoms with E-state index in [1.807, 2.05) is 0 Å². The number of amides is 1. The van der Waals surface area contributed by atoms with Crippen molar-refractivity contribution in [3.05, 3.63) is 39.4 Å². The van der Waals surface area contributed by atoms with Crippen molar-refractivity contribution in [2.75, 3.05) is 6.54 Å². The molecule has 1 aromatic rings. The fourth-order valence-corrected chi connectivity index (χ4v) is 2.63. The zero-order valence-electron chi connectivity index (χ0n) is 11.4. The summed E-state index contributed by atoms with van der Waals surface area (Å²) in [5.74, 6) is -1.92. The zero-order chi connectivity index (χ0) is 16.0. The first kappa shape index (κ1) is 15.3. The molecule has 0 N–H and O–H groups in total. The van der Waals surface area contributed by atoms with Crippen LogP contribution in [0.2, 0.25) is 0 Å². The summed E-state index contributed by atoms with van der Waals surface area (Å²) in [5, 5.41) is 10.8. The minimum atomic E-state index is -4.95. The van der Waals surface area contributed by atoms with Gasteiger partial charge >= 0.3 is 12.1 Å². The Balaban J connectivity index is 2.44. The predicted octanol–water partition coefficient (Wildman–Crippen LogP) is 2.78. The molecule has 1 aliphatic rings. The Kier molecular flexibility index (Phi) is 3.43. The van der Waals surface area contributed by atoms with Gasteiger partial charge in [-0.05, 0) is 11.1 Å². The zero-order valence-corrected chi connectivity index (χ0v) is 11.4. The van der Waals surface area contributed by atoms with E-state index in [0.29, 0.717) is 10.5 Å². The van der Waals surface area contributed by atoms with E-state index < -0.39 is 22.4 Å². The van der Waals surface area contributed by atoms with Crippen molar-refractivity contribution in [3.63, 3.8) is 0 Å². The SMILES string of the molecule is CC1(C)CN(C(=O)C(F)(F)F)Cc2cc([N+](=O)[O-])ccc21. The number of non-ortho nitro benzene ring substituents is 1. The summed E-state index contributed by atoms with van der Waals surface area (Å²) >= 11 is 0.